The van der Waals surface area contributed by atoms with Gasteiger partial charge in [-0.15, -0.1) is 0 Å². The summed E-state index contributed by atoms with van der Waals surface area (Å²) >= 11 is 0. The van der Waals surface area contributed by atoms with Gasteiger partial charge in [0, 0.05) is 5.56 Å². The predicted octanol–water partition coefficient (Wildman–Crippen LogP) is 11.2. The molecule has 0 aliphatic heterocycles. The second-order valence-corrected chi connectivity index (χ2v) is 12.5. The van der Waals surface area contributed by atoms with E-state index in [2.05, 4.69) is 59.8 Å². The fourth-order valence-electron chi connectivity index (χ4n) is 5.31. The van der Waals surface area contributed by atoms with E-state index in [9.17, 15) is 4.79 Å². The first-order valence-electron chi connectivity index (χ1n) is 17.3. The van der Waals surface area contributed by atoms with Crippen LogP contribution < -0.4 is 24.4 Å². The van der Waals surface area contributed by atoms with Crippen LogP contribution in [0.2, 0.25) is 0 Å². The van der Waals surface area contributed by atoms with Crippen LogP contribution in [0.5, 0.6) is 23.0 Å². The van der Waals surface area contributed by atoms with Gasteiger partial charge in [0.2, 0.25) is 16.9 Å². The lowest BCUT2D eigenvalue weighted by Crippen LogP contribution is -2.11. The molecule has 0 fully saturated rings. The second-order valence-electron chi connectivity index (χ2n) is 12.5. The van der Waals surface area contributed by atoms with Crippen molar-refractivity contribution in [2.75, 3.05) is 27.4 Å². The van der Waals surface area contributed by atoms with Gasteiger partial charge in [0.05, 0.1) is 32.8 Å². The van der Waals surface area contributed by atoms with Crippen LogP contribution in [0.1, 0.15) is 105 Å². The van der Waals surface area contributed by atoms with Gasteiger partial charge < -0.3 is 23.4 Å². The number of ether oxygens (including phenoxy) is 4. The molecule has 0 aliphatic carbocycles. The van der Waals surface area contributed by atoms with E-state index < -0.39 is 0 Å². The Bertz CT molecular complexity index is 1560. The molecule has 0 amide bonds. The first kappa shape index (κ1) is 37.5. The lowest BCUT2D eigenvalue weighted by atomic mass is 10.0. The smallest absolute Gasteiger partial charge is 0.235 e. The van der Waals surface area contributed by atoms with Gasteiger partial charge in [0.25, 0.3) is 0 Å². The molecule has 1 aromatic heterocycles. The molecule has 1 heterocycles. The zero-order valence-electron chi connectivity index (χ0n) is 30.1. The van der Waals surface area contributed by atoms with Crippen LogP contribution >= 0.6 is 0 Å². The first-order valence-corrected chi connectivity index (χ1v) is 17.3. The highest BCUT2D eigenvalue weighted by Crippen LogP contribution is 2.43. The Hall–Kier alpha value is -3.93. The summed E-state index contributed by atoms with van der Waals surface area (Å²) in [7, 11) is 3.18. The summed E-state index contributed by atoms with van der Waals surface area (Å²) in [5.41, 5.74) is 6.31. The summed E-state index contributed by atoms with van der Waals surface area (Å²) in [6.45, 7) is 13.9. The van der Waals surface area contributed by atoms with Crippen molar-refractivity contribution in [1.29, 1.82) is 0 Å². The Morgan fingerprint density at radius 1 is 0.745 bits per heavy atom. The molecule has 3 rings (SSSR count). The monoisotopic (exact) mass is 644 g/mol. The lowest BCUT2D eigenvalue weighted by molar-refractivity contribution is 0.270. The first-order chi connectivity index (χ1) is 22.7. The summed E-state index contributed by atoms with van der Waals surface area (Å²) in [5, 5.41) is 0.501. The maximum Gasteiger partial charge on any atom is 0.235 e. The van der Waals surface area contributed by atoms with Crippen molar-refractivity contribution in [1.82, 2.24) is 0 Å². The van der Waals surface area contributed by atoms with E-state index in [1.807, 2.05) is 30.3 Å². The predicted molar refractivity (Wildman–Crippen MR) is 196 cm³/mol. The van der Waals surface area contributed by atoms with E-state index in [0.29, 0.717) is 52.8 Å². The molecule has 0 N–H and O–H groups in total. The van der Waals surface area contributed by atoms with Gasteiger partial charge in [0.1, 0.15) is 5.58 Å². The third kappa shape index (κ3) is 11.4. The number of hydrogen-bond donors (Lipinski definition) is 0. The van der Waals surface area contributed by atoms with E-state index in [1.54, 1.807) is 14.2 Å². The Balaban J connectivity index is 1.87. The van der Waals surface area contributed by atoms with E-state index in [0.717, 1.165) is 69.8 Å². The Labute approximate surface area is 282 Å². The van der Waals surface area contributed by atoms with Crippen molar-refractivity contribution in [3.63, 3.8) is 0 Å². The number of allylic oxidation sites excluding steroid dienone is 6. The number of aryl methyl sites for hydroxylation is 1. The van der Waals surface area contributed by atoms with Crippen molar-refractivity contribution in [2.45, 2.75) is 106 Å². The summed E-state index contributed by atoms with van der Waals surface area (Å²) in [5.74, 6) is 2.08. The van der Waals surface area contributed by atoms with Gasteiger partial charge in [0.15, 0.2) is 17.3 Å². The Morgan fingerprint density at radius 3 is 1.89 bits per heavy atom. The highest BCUT2D eigenvalue weighted by molar-refractivity contribution is 5.83. The fraction of sp³-hybridized carbons (Fsp3) is 0.488. The molecule has 256 valence electrons. The molecule has 47 heavy (non-hydrogen) atoms. The van der Waals surface area contributed by atoms with Crippen LogP contribution in [0.4, 0.5) is 0 Å². The molecule has 3 aromatic rings. The fourth-order valence-corrected chi connectivity index (χ4v) is 5.31. The molecule has 0 unspecified atom stereocenters. The molecule has 6 nitrogen and oxygen atoms in total. The van der Waals surface area contributed by atoms with Gasteiger partial charge >= 0.3 is 0 Å². The summed E-state index contributed by atoms with van der Waals surface area (Å²) < 4.78 is 30.0. The minimum Gasteiger partial charge on any atom is -0.493 e. The number of unbranched alkanes of at least 4 members (excludes halogenated alkanes) is 2. The van der Waals surface area contributed by atoms with Crippen LogP contribution in [0, 0.1) is 0 Å². The Morgan fingerprint density at radius 2 is 1.32 bits per heavy atom. The van der Waals surface area contributed by atoms with Crippen LogP contribution in [0.15, 0.2) is 74.5 Å². The molecule has 0 aliphatic rings. The number of methoxy groups -OCH3 is 2. The number of benzene rings is 2. The number of rotatable bonds is 20. The highest BCUT2D eigenvalue weighted by atomic mass is 16.5. The van der Waals surface area contributed by atoms with Crippen molar-refractivity contribution in [3.05, 3.63) is 81.1 Å². The summed E-state index contributed by atoms with van der Waals surface area (Å²) in [4.78, 5) is 13.8. The second kappa shape index (κ2) is 19.7. The molecular formula is C41H56O6. The summed E-state index contributed by atoms with van der Waals surface area (Å²) in [6, 6.07) is 9.49. The lowest BCUT2D eigenvalue weighted by Gasteiger charge is -2.17. The van der Waals surface area contributed by atoms with Gasteiger partial charge in [-0.25, -0.2) is 0 Å². The molecule has 6 heteroatoms. The van der Waals surface area contributed by atoms with Gasteiger partial charge in [-0.05, 0) is 109 Å². The number of fused-ring (bicyclic) bond motifs is 1. The molecular weight excluding hydrogens is 588 g/mol. The molecule has 0 bridgehead atoms. The largest absolute Gasteiger partial charge is 0.493 e. The maximum atomic E-state index is 13.8. The highest BCUT2D eigenvalue weighted by Gasteiger charge is 2.22. The van der Waals surface area contributed by atoms with Crippen LogP contribution in [0.3, 0.4) is 0 Å². The van der Waals surface area contributed by atoms with Crippen LogP contribution in [0.25, 0.3) is 22.3 Å². The molecule has 0 radical (unpaired) electrons. The SMILES string of the molecule is CCCCOc1c(OC)cc(-c2oc3cc(CC/C=C(/C)CC/C=C(/C)CCC=C(C)C)ccc3c(=O)c2OCCCC)cc1OC. The molecule has 0 saturated carbocycles. The molecule has 0 spiro atoms. The quantitative estimate of drug-likeness (QED) is 0.0900. The average molecular weight is 645 g/mol. The van der Waals surface area contributed by atoms with Crippen molar-refractivity contribution < 1.29 is 23.4 Å². The summed E-state index contributed by atoms with van der Waals surface area (Å²) in [6.07, 6.45) is 16.8. The van der Waals surface area contributed by atoms with E-state index in [4.69, 9.17) is 23.4 Å². The molecule has 0 atom stereocenters. The van der Waals surface area contributed by atoms with Gasteiger partial charge in [-0.1, -0.05) is 67.7 Å². The normalized spacial score (nSPS) is 11.9. The zero-order chi connectivity index (χ0) is 34.2. The molecule has 0 saturated heterocycles. The standard InChI is InChI=1S/C41H56O6/c1-9-11-24-45-40-36(43-7)27-33(28-37(40)44-8)39-41(46-25-12-10-2)38(42)34-23-22-32(26-35(34)47-39)21-15-20-31(6)19-14-18-30(5)17-13-16-29(3)4/h16,18,20,22-23,26-28H,9-15,17,19,21,24-25H2,1-8H3/b30-18-,31-20-. The minimum atomic E-state index is -0.190. The Kier molecular flexibility index (Phi) is 15.7. The van der Waals surface area contributed by atoms with Gasteiger partial charge in [-0.3, -0.25) is 4.79 Å². The van der Waals surface area contributed by atoms with Gasteiger partial charge in [-0.2, -0.15) is 0 Å². The minimum absolute atomic E-state index is 0.190. The average Bonchev–Trinajstić information content (AvgIpc) is 3.05. The third-order valence-corrected chi connectivity index (χ3v) is 8.18. The zero-order valence-corrected chi connectivity index (χ0v) is 30.1. The maximum absolute atomic E-state index is 13.8. The van der Waals surface area contributed by atoms with Crippen LogP contribution in [-0.2, 0) is 6.42 Å². The van der Waals surface area contributed by atoms with E-state index in [-0.39, 0.29) is 11.2 Å². The third-order valence-electron chi connectivity index (χ3n) is 8.18. The topological polar surface area (TPSA) is 67.1 Å². The van der Waals surface area contributed by atoms with E-state index in [1.165, 1.54) is 16.7 Å². The van der Waals surface area contributed by atoms with Crippen molar-refractivity contribution >= 4 is 11.0 Å². The van der Waals surface area contributed by atoms with Crippen molar-refractivity contribution in [3.8, 4) is 34.3 Å². The van der Waals surface area contributed by atoms with Crippen LogP contribution in [-0.4, -0.2) is 27.4 Å². The van der Waals surface area contributed by atoms with E-state index >= 15 is 0 Å². The number of hydrogen-bond acceptors (Lipinski definition) is 6. The van der Waals surface area contributed by atoms with Crippen molar-refractivity contribution in [2.24, 2.45) is 0 Å². The molecule has 2 aromatic carbocycles.